The van der Waals surface area contributed by atoms with Crippen LogP contribution in [0.1, 0.15) is 0 Å². The maximum Gasteiger partial charge on any atom is 0.0933 e. The van der Waals surface area contributed by atoms with Crippen molar-refractivity contribution in [1.82, 2.24) is 4.90 Å². The summed E-state index contributed by atoms with van der Waals surface area (Å²) in [6.45, 7) is 0. The molecule has 0 fully saturated rings. The predicted octanol–water partition coefficient (Wildman–Crippen LogP) is 1.41. The first kappa shape index (κ1) is 6.63. The van der Waals surface area contributed by atoms with E-state index in [4.69, 9.17) is 5.26 Å². The Labute approximate surface area is 60.4 Å². The highest BCUT2D eigenvalue weighted by molar-refractivity contribution is 5.30. The van der Waals surface area contributed by atoms with Gasteiger partial charge in [-0.3, -0.25) is 0 Å². The van der Waals surface area contributed by atoms with E-state index >= 15 is 0 Å². The standard InChI is InChI=1S/C8H8N2/c1-10-7-3-2-4-8(10)5-6-9/h2-5,7H,1H3/b8-5-. The minimum absolute atomic E-state index is 0.921. The molecule has 0 saturated carbocycles. The lowest BCUT2D eigenvalue weighted by Gasteiger charge is -2.15. The van der Waals surface area contributed by atoms with Crippen molar-refractivity contribution in [1.29, 1.82) is 5.26 Å². The van der Waals surface area contributed by atoms with E-state index in [1.807, 2.05) is 42.4 Å². The van der Waals surface area contributed by atoms with Crippen molar-refractivity contribution >= 4 is 0 Å². The third kappa shape index (κ3) is 1.26. The summed E-state index contributed by atoms with van der Waals surface area (Å²) < 4.78 is 0. The zero-order valence-electron chi connectivity index (χ0n) is 5.78. The summed E-state index contributed by atoms with van der Waals surface area (Å²) in [6, 6.07) is 1.98. The van der Waals surface area contributed by atoms with Crippen LogP contribution in [0.5, 0.6) is 0 Å². The van der Waals surface area contributed by atoms with Crippen LogP contribution in [0.25, 0.3) is 0 Å². The third-order valence-electron chi connectivity index (χ3n) is 1.31. The molecule has 0 atom stereocenters. The second-order valence-electron chi connectivity index (χ2n) is 2.01. The van der Waals surface area contributed by atoms with Crippen LogP contribution in [0.3, 0.4) is 0 Å². The Bertz CT molecular complexity index is 240. The zero-order valence-corrected chi connectivity index (χ0v) is 5.78. The quantitative estimate of drug-likeness (QED) is 0.466. The van der Waals surface area contributed by atoms with E-state index in [-0.39, 0.29) is 0 Å². The number of hydrogen-bond donors (Lipinski definition) is 0. The Morgan fingerprint density at radius 1 is 1.60 bits per heavy atom. The summed E-state index contributed by atoms with van der Waals surface area (Å²) in [5.74, 6) is 0. The van der Waals surface area contributed by atoms with E-state index in [2.05, 4.69) is 0 Å². The summed E-state index contributed by atoms with van der Waals surface area (Å²) in [5.41, 5.74) is 0.921. The van der Waals surface area contributed by atoms with Crippen LogP contribution in [-0.4, -0.2) is 11.9 Å². The van der Waals surface area contributed by atoms with E-state index in [0.717, 1.165) is 5.70 Å². The highest BCUT2D eigenvalue weighted by Gasteiger charge is 1.97. The summed E-state index contributed by atoms with van der Waals surface area (Å²) >= 11 is 0. The maximum absolute atomic E-state index is 8.33. The Hall–Kier alpha value is -1.49. The molecule has 0 aliphatic carbocycles. The second-order valence-corrected chi connectivity index (χ2v) is 2.01. The van der Waals surface area contributed by atoms with Gasteiger partial charge in [0.1, 0.15) is 0 Å². The van der Waals surface area contributed by atoms with Gasteiger partial charge in [0.05, 0.1) is 11.8 Å². The third-order valence-corrected chi connectivity index (χ3v) is 1.31. The molecule has 0 aromatic heterocycles. The lowest BCUT2D eigenvalue weighted by atomic mass is 10.3. The molecule has 50 valence electrons. The van der Waals surface area contributed by atoms with Crippen molar-refractivity contribution in [2.24, 2.45) is 0 Å². The Morgan fingerprint density at radius 3 is 3.00 bits per heavy atom. The highest BCUT2D eigenvalue weighted by atomic mass is 15.1. The van der Waals surface area contributed by atoms with Crippen LogP contribution in [-0.2, 0) is 0 Å². The molecule has 2 heteroatoms. The summed E-state index contributed by atoms with van der Waals surface area (Å²) in [7, 11) is 1.91. The van der Waals surface area contributed by atoms with E-state index in [1.54, 1.807) is 0 Å². The fourth-order valence-electron chi connectivity index (χ4n) is 0.753. The van der Waals surface area contributed by atoms with Gasteiger partial charge in [-0.05, 0) is 12.2 Å². The van der Waals surface area contributed by atoms with Crippen molar-refractivity contribution in [3.8, 4) is 6.07 Å². The van der Waals surface area contributed by atoms with Crippen LogP contribution in [0.2, 0.25) is 0 Å². The van der Waals surface area contributed by atoms with Gasteiger partial charge in [0, 0.05) is 19.3 Å². The van der Waals surface area contributed by atoms with Gasteiger partial charge in [-0.25, -0.2) is 0 Å². The number of allylic oxidation sites excluding steroid dienone is 4. The normalized spacial score (nSPS) is 19.6. The van der Waals surface area contributed by atoms with Crippen molar-refractivity contribution < 1.29 is 0 Å². The Kier molecular flexibility index (Phi) is 1.91. The van der Waals surface area contributed by atoms with Crippen LogP contribution in [0.15, 0.2) is 36.2 Å². The molecule has 0 unspecified atom stereocenters. The van der Waals surface area contributed by atoms with Crippen molar-refractivity contribution in [3.05, 3.63) is 36.2 Å². The SMILES string of the molecule is CN1C=CC=C/C1=C/C#N. The minimum Gasteiger partial charge on any atom is -0.350 e. The molecule has 0 saturated heterocycles. The molecule has 0 aromatic rings. The topological polar surface area (TPSA) is 27.0 Å². The monoisotopic (exact) mass is 132 g/mol. The van der Waals surface area contributed by atoms with Gasteiger partial charge in [0.15, 0.2) is 0 Å². The summed E-state index contributed by atoms with van der Waals surface area (Å²) in [5, 5.41) is 8.33. The second kappa shape index (κ2) is 2.88. The van der Waals surface area contributed by atoms with Crippen molar-refractivity contribution in [3.63, 3.8) is 0 Å². The van der Waals surface area contributed by atoms with Gasteiger partial charge in [0.25, 0.3) is 0 Å². The van der Waals surface area contributed by atoms with E-state index in [0.29, 0.717) is 0 Å². The Morgan fingerprint density at radius 2 is 2.40 bits per heavy atom. The van der Waals surface area contributed by atoms with Gasteiger partial charge in [-0.15, -0.1) is 0 Å². The molecule has 1 heterocycles. The molecular formula is C8H8N2. The van der Waals surface area contributed by atoms with Gasteiger partial charge in [0.2, 0.25) is 0 Å². The van der Waals surface area contributed by atoms with Crippen molar-refractivity contribution in [2.45, 2.75) is 0 Å². The molecule has 1 aliphatic heterocycles. The molecule has 1 rings (SSSR count). The van der Waals surface area contributed by atoms with Crippen molar-refractivity contribution in [2.75, 3.05) is 7.05 Å². The predicted molar refractivity (Wildman–Crippen MR) is 39.7 cm³/mol. The average Bonchev–Trinajstić information content (AvgIpc) is 1.94. The summed E-state index contributed by atoms with van der Waals surface area (Å²) in [4.78, 5) is 1.89. The minimum atomic E-state index is 0.921. The first-order valence-electron chi connectivity index (χ1n) is 3.02. The molecular weight excluding hydrogens is 124 g/mol. The lowest BCUT2D eigenvalue weighted by Crippen LogP contribution is -2.09. The highest BCUT2D eigenvalue weighted by Crippen LogP contribution is 2.07. The zero-order chi connectivity index (χ0) is 7.40. The molecule has 0 spiro atoms. The maximum atomic E-state index is 8.33. The largest absolute Gasteiger partial charge is 0.350 e. The van der Waals surface area contributed by atoms with Gasteiger partial charge in [-0.2, -0.15) is 5.26 Å². The van der Waals surface area contributed by atoms with Crippen LogP contribution >= 0.6 is 0 Å². The molecule has 0 N–H and O–H groups in total. The number of hydrogen-bond acceptors (Lipinski definition) is 2. The molecule has 0 bridgehead atoms. The fraction of sp³-hybridized carbons (Fsp3) is 0.125. The molecule has 1 aliphatic rings. The molecule has 2 nitrogen and oxygen atoms in total. The molecule has 10 heavy (non-hydrogen) atoms. The van der Waals surface area contributed by atoms with Crippen LogP contribution in [0, 0.1) is 11.3 Å². The first-order valence-corrected chi connectivity index (χ1v) is 3.02. The van der Waals surface area contributed by atoms with Crippen LogP contribution < -0.4 is 0 Å². The fourth-order valence-corrected chi connectivity index (χ4v) is 0.753. The molecule has 0 aromatic carbocycles. The number of nitriles is 1. The molecule has 0 radical (unpaired) electrons. The van der Waals surface area contributed by atoms with Gasteiger partial charge < -0.3 is 4.90 Å². The first-order chi connectivity index (χ1) is 4.84. The smallest absolute Gasteiger partial charge is 0.0933 e. The van der Waals surface area contributed by atoms with E-state index < -0.39 is 0 Å². The van der Waals surface area contributed by atoms with Gasteiger partial charge >= 0.3 is 0 Å². The molecule has 0 amide bonds. The number of nitrogens with zero attached hydrogens (tertiary/aromatic N) is 2. The Balaban J connectivity index is 2.82. The number of likely N-dealkylation sites (N-methyl/N-ethyl adjacent to an activating group) is 1. The summed E-state index contributed by atoms with van der Waals surface area (Å²) in [6.07, 6.45) is 9.14. The number of rotatable bonds is 0. The van der Waals surface area contributed by atoms with Crippen LogP contribution in [0.4, 0.5) is 0 Å². The van der Waals surface area contributed by atoms with E-state index in [1.165, 1.54) is 6.08 Å². The van der Waals surface area contributed by atoms with E-state index in [9.17, 15) is 0 Å². The lowest BCUT2D eigenvalue weighted by molar-refractivity contribution is 0.584. The average molecular weight is 132 g/mol. The van der Waals surface area contributed by atoms with Gasteiger partial charge in [-0.1, -0.05) is 6.08 Å².